The molecule has 0 spiro atoms. The Bertz CT molecular complexity index is 1030. The van der Waals surface area contributed by atoms with Crippen molar-refractivity contribution in [2.75, 3.05) is 14.2 Å². The molecule has 2 nitrogen and oxygen atoms in total. The minimum absolute atomic E-state index is 0.387. The van der Waals surface area contributed by atoms with E-state index < -0.39 is 0 Å². The summed E-state index contributed by atoms with van der Waals surface area (Å²) in [5.41, 5.74) is 5.50. The minimum Gasteiger partial charge on any atom is -0.497 e. The van der Waals surface area contributed by atoms with E-state index in [9.17, 15) is 0 Å². The van der Waals surface area contributed by atoms with Crippen LogP contribution in [-0.4, -0.2) is 14.2 Å². The van der Waals surface area contributed by atoms with Crippen LogP contribution in [0.4, 0.5) is 0 Å². The third-order valence-corrected chi connectivity index (χ3v) is 6.92. The van der Waals surface area contributed by atoms with E-state index in [4.69, 9.17) is 9.47 Å². The van der Waals surface area contributed by atoms with Gasteiger partial charge in [-0.05, 0) is 70.2 Å². The van der Waals surface area contributed by atoms with Crippen LogP contribution in [-0.2, 0) is 0 Å². The molecular formula is C30H28O2. The second-order valence-corrected chi connectivity index (χ2v) is 8.47. The molecule has 4 aromatic rings. The molecule has 160 valence electrons. The normalized spacial score (nSPS) is 22.1. The average Bonchev–Trinajstić information content (AvgIpc) is 2.86. The summed E-state index contributed by atoms with van der Waals surface area (Å²) >= 11 is 0. The number of hydrogen-bond donors (Lipinski definition) is 0. The predicted molar refractivity (Wildman–Crippen MR) is 130 cm³/mol. The second-order valence-electron chi connectivity index (χ2n) is 8.47. The van der Waals surface area contributed by atoms with Gasteiger partial charge >= 0.3 is 0 Å². The number of benzene rings is 4. The maximum absolute atomic E-state index is 5.42. The molecule has 4 aromatic carbocycles. The van der Waals surface area contributed by atoms with E-state index in [0.29, 0.717) is 23.7 Å². The van der Waals surface area contributed by atoms with Crippen LogP contribution in [0.15, 0.2) is 109 Å². The van der Waals surface area contributed by atoms with Gasteiger partial charge in [-0.3, -0.25) is 0 Å². The van der Waals surface area contributed by atoms with E-state index in [1.54, 1.807) is 14.2 Å². The molecule has 5 rings (SSSR count). The van der Waals surface area contributed by atoms with Crippen LogP contribution < -0.4 is 9.47 Å². The second kappa shape index (κ2) is 8.92. The molecule has 0 unspecified atom stereocenters. The molecule has 1 aliphatic rings. The molecule has 0 aliphatic heterocycles. The summed E-state index contributed by atoms with van der Waals surface area (Å²) in [6, 6.07) is 39.2. The highest BCUT2D eigenvalue weighted by Crippen LogP contribution is 2.66. The van der Waals surface area contributed by atoms with E-state index in [0.717, 1.165) is 11.5 Å². The summed E-state index contributed by atoms with van der Waals surface area (Å²) in [5, 5.41) is 0. The molecule has 1 aliphatic carbocycles. The van der Waals surface area contributed by atoms with Crippen LogP contribution >= 0.6 is 0 Å². The largest absolute Gasteiger partial charge is 0.497 e. The van der Waals surface area contributed by atoms with Crippen LogP contribution in [0.1, 0.15) is 45.9 Å². The van der Waals surface area contributed by atoms with Crippen LogP contribution in [0, 0.1) is 0 Å². The van der Waals surface area contributed by atoms with Crippen molar-refractivity contribution in [3.8, 4) is 11.5 Å². The molecule has 0 heterocycles. The zero-order chi connectivity index (χ0) is 21.9. The number of ether oxygens (including phenoxy) is 2. The van der Waals surface area contributed by atoms with Crippen molar-refractivity contribution in [2.45, 2.75) is 23.7 Å². The highest BCUT2D eigenvalue weighted by molar-refractivity contribution is 5.49. The van der Waals surface area contributed by atoms with Gasteiger partial charge in [0.2, 0.25) is 0 Å². The molecule has 0 saturated heterocycles. The van der Waals surface area contributed by atoms with E-state index >= 15 is 0 Å². The highest BCUT2D eigenvalue weighted by atomic mass is 16.5. The van der Waals surface area contributed by atoms with Crippen molar-refractivity contribution >= 4 is 0 Å². The first-order chi connectivity index (χ1) is 15.8. The molecule has 0 aromatic heterocycles. The summed E-state index contributed by atoms with van der Waals surface area (Å²) < 4.78 is 10.8. The van der Waals surface area contributed by atoms with Crippen LogP contribution in [0.2, 0.25) is 0 Å². The molecule has 0 amide bonds. The van der Waals surface area contributed by atoms with Crippen molar-refractivity contribution in [1.82, 2.24) is 0 Å². The van der Waals surface area contributed by atoms with E-state index in [2.05, 4.69) is 109 Å². The summed E-state index contributed by atoms with van der Waals surface area (Å²) in [6.07, 6.45) is 0. The Morgan fingerprint density at radius 1 is 0.375 bits per heavy atom. The SMILES string of the molecule is COc1ccc(C2C(c3ccccc3)C(c3ccc(OC)cc3)C2c2ccccc2)cc1. The third-order valence-electron chi connectivity index (χ3n) is 6.92. The maximum atomic E-state index is 5.42. The predicted octanol–water partition coefficient (Wildman–Crippen LogP) is 7.15. The van der Waals surface area contributed by atoms with Gasteiger partial charge < -0.3 is 9.47 Å². The Morgan fingerprint density at radius 3 is 0.938 bits per heavy atom. The molecular weight excluding hydrogens is 392 g/mol. The lowest BCUT2D eigenvalue weighted by Gasteiger charge is -2.54. The topological polar surface area (TPSA) is 18.5 Å². The van der Waals surface area contributed by atoms with Gasteiger partial charge in [-0.15, -0.1) is 0 Å². The number of rotatable bonds is 6. The fourth-order valence-corrected chi connectivity index (χ4v) is 5.41. The van der Waals surface area contributed by atoms with Gasteiger partial charge in [-0.25, -0.2) is 0 Å². The van der Waals surface area contributed by atoms with Crippen molar-refractivity contribution in [2.24, 2.45) is 0 Å². The fraction of sp³-hybridized carbons (Fsp3) is 0.200. The van der Waals surface area contributed by atoms with E-state index in [-0.39, 0.29) is 0 Å². The number of hydrogen-bond acceptors (Lipinski definition) is 2. The lowest BCUT2D eigenvalue weighted by molar-refractivity contribution is 0.228. The van der Waals surface area contributed by atoms with Gasteiger partial charge in [0, 0.05) is 0 Å². The lowest BCUT2D eigenvalue weighted by atomic mass is 9.49. The van der Waals surface area contributed by atoms with Gasteiger partial charge in [0.15, 0.2) is 0 Å². The van der Waals surface area contributed by atoms with Gasteiger partial charge in [0.05, 0.1) is 14.2 Å². The highest BCUT2D eigenvalue weighted by Gasteiger charge is 2.52. The Hall–Kier alpha value is -3.52. The van der Waals surface area contributed by atoms with Crippen molar-refractivity contribution in [3.63, 3.8) is 0 Å². The van der Waals surface area contributed by atoms with Gasteiger partial charge in [0.1, 0.15) is 11.5 Å². The van der Waals surface area contributed by atoms with E-state index in [1.807, 2.05) is 0 Å². The molecule has 0 radical (unpaired) electrons. The van der Waals surface area contributed by atoms with Crippen LogP contribution in [0.5, 0.6) is 11.5 Å². The summed E-state index contributed by atoms with van der Waals surface area (Å²) in [4.78, 5) is 0. The first-order valence-electron chi connectivity index (χ1n) is 11.2. The molecule has 1 fully saturated rings. The molecule has 2 heteroatoms. The van der Waals surface area contributed by atoms with E-state index in [1.165, 1.54) is 22.3 Å². The van der Waals surface area contributed by atoms with Crippen molar-refractivity contribution in [1.29, 1.82) is 0 Å². The fourth-order valence-electron chi connectivity index (χ4n) is 5.41. The van der Waals surface area contributed by atoms with Gasteiger partial charge in [0.25, 0.3) is 0 Å². The monoisotopic (exact) mass is 420 g/mol. The Labute approximate surface area is 190 Å². The Kier molecular flexibility index (Phi) is 5.68. The summed E-state index contributed by atoms with van der Waals surface area (Å²) in [7, 11) is 3.44. The third kappa shape index (κ3) is 3.67. The quantitative estimate of drug-likeness (QED) is 0.330. The molecule has 0 N–H and O–H groups in total. The number of methoxy groups -OCH3 is 2. The molecule has 32 heavy (non-hydrogen) atoms. The molecule has 1 saturated carbocycles. The van der Waals surface area contributed by atoms with Crippen molar-refractivity contribution < 1.29 is 9.47 Å². The maximum Gasteiger partial charge on any atom is 0.118 e. The minimum atomic E-state index is 0.387. The molecule has 0 bridgehead atoms. The summed E-state index contributed by atoms with van der Waals surface area (Å²) in [6.45, 7) is 0. The van der Waals surface area contributed by atoms with Crippen LogP contribution in [0.25, 0.3) is 0 Å². The Balaban J connectivity index is 1.64. The smallest absolute Gasteiger partial charge is 0.118 e. The first-order valence-corrected chi connectivity index (χ1v) is 11.2. The zero-order valence-corrected chi connectivity index (χ0v) is 18.5. The molecule has 0 atom stereocenters. The average molecular weight is 421 g/mol. The zero-order valence-electron chi connectivity index (χ0n) is 18.5. The van der Waals surface area contributed by atoms with Gasteiger partial charge in [-0.2, -0.15) is 0 Å². The lowest BCUT2D eigenvalue weighted by Crippen LogP contribution is -2.40. The Morgan fingerprint density at radius 2 is 0.656 bits per heavy atom. The van der Waals surface area contributed by atoms with Gasteiger partial charge in [-0.1, -0.05) is 84.9 Å². The van der Waals surface area contributed by atoms with Crippen LogP contribution in [0.3, 0.4) is 0 Å². The first kappa shape index (κ1) is 20.4. The van der Waals surface area contributed by atoms with Crippen molar-refractivity contribution in [3.05, 3.63) is 131 Å². The summed E-state index contributed by atoms with van der Waals surface area (Å²) in [5.74, 6) is 3.35. The standard InChI is InChI=1S/C30H28O2/c1-31-25-17-13-23(14-18-25)29-27(21-9-5-3-6-10-21)30(24-15-19-26(32-2)20-16-24)28(29)22-11-7-4-8-12-22/h3-20,27-30H,1-2H3.